The van der Waals surface area contributed by atoms with Gasteiger partial charge in [0.1, 0.15) is 17.1 Å². The van der Waals surface area contributed by atoms with E-state index in [2.05, 4.69) is 20.9 Å². The van der Waals surface area contributed by atoms with Crippen molar-refractivity contribution in [1.29, 1.82) is 0 Å². The van der Waals surface area contributed by atoms with Crippen molar-refractivity contribution in [3.63, 3.8) is 0 Å². The number of fused-ring (bicyclic) bond motifs is 1. The molecule has 0 saturated heterocycles. The van der Waals surface area contributed by atoms with Crippen LogP contribution in [-0.4, -0.2) is 29.4 Å². The Hall–Kier alpha value is -1.27. The third kappa shape index (κ3) is 2.84. The van der Waals surface area contributed by atoms with E-state index in [1.54, 1.807) is 0 Å². The normalized spacial score (nSPS) is 14.7. The van der Waals surface area contributed by atoms with Crippen molar-refractivity contribution < 1.29 is 14.6 Å². The molecule has 0 fully saturated rings. The lowest BCUT2D eigenvalue weighted by Gasteiger charge is -2.21. The molecule has 0 unspecified atom stereocenters. The Labute approximate surface area is 123 Å². The Kier molecular flexibility index (Phi) is 4.31. The molecule has 0 spiro atoms. The van der Waals surface area contributed by atoms with E-state index in [1.807, 2.05) is 0 Å². The molecule has 0 aliphatic carbocycles. The van der Waals surface area contributed by atoms with Crippen molar-refractivity contribution in [3.8, 4) is 5.75 Å². The highest BCUT2D eigenvalue weighted by Gasteiger charge is 2.24. The lowest BCUT2D eigenvalue weighted by atomic mass is 10.00. The summed E-state index contributed by atoms with van der Waals surface area (Å²) in [7, 11) is 0. The summed E-state index contributed by atoms with van der Waals surface area (Å²) in [5.74, 6) is -0.260. The maximum atomic E-state index is 11.2. The first-order valence-electron chi connectivity index (χ1n) is 5.65. The minimum atomic E-state index is -1.03. The number of amidine groups is 1. The summed E-state index contributed by atoms with van der Waals surface area (Å²) in [6.45, 7) is 0.503. The lowest BCUT2D eigenvalue weighted by molar-refractivity contribution is 0.0691. The number of aliphatic imine (C=N–C) groups is 1. The Morgan fingerprint density at radius 3 is 3.00 bits per heavy atom. The monoisotopic (exact) mass is 346 g/mol. The molecule has 1 aliphatic rings. The number of hydrogen-bond acceptors (Lipinski definition) is 3. The molecular weight excluding hydrogens is 336 g/mol. The van der Waals surface area contributed by atoms with Crippen LogP contribution in [0.15, 0.2) is 15.5 Å². The Morgan fingerprint density at radius 2 is 2.37 bits per heavy atom. The van der Waals surface area contributed by atoms with E-state index in [4.69, 9.17) is 22.1 Å². The fourth-order valence-electron chi connectivity index (χ4n) is 1.95. The summed E-state index contributed by atoms with van der Waals surface area (Å²) in [5.41, 5.74) is 7.13. The van der Waals surface area contributed by atoms with Gasteiger partial charge in [0.2, 0.25) is 0 Å². The van der Waals surface area contributed by atoms with Crippen molar-refractivity contribution >= 4 is 45.0 Å². The fourth-order valence-corrected chi connectivity index (χ4v) is 2.56. The molecule has 0 aromatic heterocycles. The molecule has 102 valence electrons. The van der Waals surface area contributed by atoms with Gasteiger partial charge >= 0.3 is 5.97 Å². The summed E-state index contributed by atoms with van der Waals surface area (Å²) < 4.78 is 6.05. The fraction of sp³-hybridized carbons (Fsp3) is 0.333. The van der Waals surface area contributed by atoms with Crippen LogP contribution in [0.25, 0.3) is 0 Å². The summed E-state index contributed by atoms with van der Waals surface area (Å²) in [4.78, 5) is 15.5. The quantitative estimate of drug-likeness (QED) is 0.500. The second-order valence-electron chi connectivity index (χ2n) is 4.06. The number of ether oxygens (including phenoxy) is 1. The standard InChI is InChI=1S/C12H12BrClN2O3/c13-8-4-7(12(17)18)11-6(2-1-3-19-11)10(8)16-9(15)5-14/h4H,1-3,5H2,(H2,15,16)(H,17,18). The van der Waals surface area contributed by atoms with Gasteiger partial charge in [-0.05, 0) is 34.8 Å². The van der Waals surface area contributed by atoms with Crippen LogP contribution < -0.4 is 10.5 Å². The number of hydrogen-bond donors (Lipinski definition) is 2. The minimum Gasteiger partial charge on any atom is -0.492 e. The van der Waals surface area contributed by atoms with Crippen LogP contribution in [0.5, 0.6) is 5.75 Å². The largest absolute Gasteiger partial charge is 0.492 e. The van der Waals surface area contributed by atoms with E-state index in [9.17, 15) is 9.90 Å². The lowest BCUT2D eigenvalue weighted by Crippen LogP contribution is -2.15. The number of nitrogens with two attached hydrogens (primary N) is 1. The zero-order valence-electron chi connectivity index (χ0n) is 9.95. The van der Waals surface area contributed by atoms with Crippen LogP contribution in [0.4, 0.5) is 5.69 Å². The first kappa shape index (κ1) is 14.1. The first-order valence-corrected chi connectivity index (χ1v) is 6.97. The van der Waals surface area contributed by atoms with Crippen LogP contribution in [-0.2, 0) is 6.42 Å². The van der Waals surface area contributed by atoms with Crippen molar-refractivity contribution in [2.24, 2.45) is 10.7 Å². The van der Waals surface area contributed by atoms with E-state index in [1.165, 1.54) is 6.07 Å². The summed E-state index contributed by atoms with van der Waals surface area (Å²) >= 11 is 8.95. The van der Waals surface area contributed by atoms with Gasteiger partial charge in [0.25, 0.3) is 0 Å². The van der Waals surface area contributed by atoms with Gasteiger partial charge in [0.05, 0.1) is 18.2 Å². The molecule has 7 heteroatoms. The highest BCUT2D eigenvalue weighted by molar-refractivity contribution is 9.10. The molecular formula is C12H12BrClN2O3. The van der Waals surface area contributed by atoms with Crippen LogP contribution in [0, 0.1) is 0 Å². The van der Waals surface area contributed by atoms with E-state index in [0.29, 0.717) is 28.9 Å². The molecule has 3 N–H and O–H groups in total. The highest BCUT2D eigenvalue weighted by atomic mass is 79.9. The van der Waals surface area contributed by atoms with E-state index < -0.39 is 5.97 Å². The van der Waals surface area contributed by atoms with Crippen LogP contribution in [0.3, 0.4) is 0 Å². The SMILES string of the molecule is NC(CCl)=Nc1c(Br)cc(C(=O)O)c2c1CCCO2. The highest BCUT2D eigenvalue weighted by Crippen LogP contribution is 2.41. The molecule has 5 nitrogen and oxygen atoms in total. The van der Waals surface area contributed by atoms with Crippen LogP contribution >= 0.6 is 27.5 Å². The summed E-state index contributed by atoms with van der Waals surface area (Å²) in [6, 6.07) is 1.48. The van der Waals surface area contributed by atoms with Gasteiger partial charge in [0.15, 0.2) is 0 Å². The zero-order valence-corrected chi connectivity index (χ0v) is 12.3. The Balaban J connectivity index is 2.65. The van der Waals surface area contributed by atoms with Crippen molar-refractivity contribution in [2.75, 3.05) is 12.5 Å². The van der Waals surface area contributed by atoms with Gasteiger partial charge in [-0.1, -0.05) is 0 Å². The average Bonchev–Trinajstić information content (AvgIpc) is 2.41. The van der Waals surface area contributed by atoms with Gasteiger partial charge in [-0.25, -0.2) is 9.79 Å². The average molecular weight is 348 g/mol. The number of carboxylic acid groups (broad SMARTS) is 1. The van der Waals surface area contributed by atoms with E-state index in [-0.39, 0.29) is 17.3 Å². The Morgan fingerprint density at radius 1 is 1.63 bits per heavy atom. The first-order chi connectivity index (χ1) is 9.04. The third-order valence-corrected chi connectivity index (χ3v) is 3.62. The molecule has 1 heterocycles. The summed E-state index contributed by atoms with van der Waals surface area (Å²) in [5, 5.41) is 9.20. The molecule has 0 atom stereocenters. The van der Waals surface area contributed by atoms with Crippen LogP contribution in [0.1, 0.15) is 22.3 Å². The maximum absolute atomic E-state index is 11.2. The van der Waals surface area contributed by atoms with Gasteiger partial charge in [-0.3, -0.25) is 0 Å². The molecule has 1 aromatic rings. The zero-order chi connectivity index (χ0) is 14.0. The summed E-state index contributed by atoms with van der Waals surface area (Å²) in [6.07, 6.45) is 1.51. The van der Waals surface area contributed by atoms with Gasteiger partial charge < -0.3 is 15.6 Å². The molecule has 0 amide bonds. The maximum Gasteiger partial charge on any atom is 0.339 e. The number of benzene rings is 1. The molecule has 0 saturated carbocycles. The number of rotatable bonds is 3. The van der Waals surface area contributed by atoms with E-state index in [0.717, 1.165) is 12.0 Å². The minimum absolute atomic E-state index is 0.114. The number of alkyl halides is 1. The van der Waals surface area contributed by atoms with Crippen molar-refractivity contribution in [1.82, 2.24) is 0 Å². The second-order valence-corrected chi connectivity index (χ2v) is 5.18. The van der Waals surface area contributed by atoms with Crippen LogP contribution in [0.2, 0.25) is 0 Å². The third-order valence-electron chi connectivity index (χ3n) is 2.74. The number of carboxylic acids is 1. The predicted molar refractivity (Wildman–Crippen MR) is 76.9 cm³/mol. The Bertz CT molecular complexity index is 560. The van der Waals surface area contributed by atoms with Crippen molar-refractivity contribution in [3.05, 3.63) is 21.7 Å². The van der Waals surface area contributed by atoms with Crippen molar-refractivity contribution in [2.45, 2.75) is 12.8 Å². The number of halogens is 2. The number of aromatic carboxylic acids is 1. The smallest absolute Gasteiger partial charge is 0.339 e. The number of carbonyl (C=O) groups is 1. The van der Waals surface area contributed by atoms with E-state index >= 15 is 0 Å². The predicted octanol–water partition coefficient (Wildman–Crippen LogP) is 2.70. The topological polar surface area (TPSA) is 84.9 Å². The molecule has 1 aromatic carbocycles. The van der Waals surface area contributed by atoms with Gasteiger partial charge in [-0.15, -0.1) is 11.6 Å². The number of nitrogens with zero attached hydrogens (tertiary/aromatic N) is 1. The molecule has 1 aliphatic heterocycles. The second kappa shape index (κ2) is 5.79. The van der Waals surface area contributed by atoms with Gasteiger partial charge in [0, 0.05) is 10.0 Å². The molecule has 0 bridgehead atoms. The molecule has 2 rings (SSSR count). The molecule has 19 heavy (non-hydrogen) atoms. The molecule has 0 radical (unpaired) electrons. The van der Waals surface area contributed by atoms with Gasteiger partial charge in [-0.2, -0.15) is 0 Å².